The van der Waals surface area contributed by atoms with Crippen LogP contribution in [0.1, 0.15) is 18.9 Å². The molecule has 6 heteroatoms. The smallest absolute Gasteiger partial charge is 0.261 e. The third-order valence-electron chi connectivity index (χ3n) is 3.35. The number of fused-ring (bicyclic) bond motifs is 1. The van der Waals surface area contributed by atoms with Crippen molar-refractivity contribution in [3.63, 3.8) is 0 Å². The highest BCUT2D eigenvalue weighted by molar-refractivity contribution is 5.76. The molecule has 1 aromatic carbocycles. The second kappa shape index (κ2) is 7.36. The predicted molar refractivity (Wildman–Crippen MR) is 73.4 cm³/mol. The summed E-state index contributed by atoms with van der Waals surface area (Å²) in [7, 11) is 0. The van der Waals surface area contributed by atoms with Crippen molar-refractivity contribution in [1.29, 1.82) is 0 Å². The van der Waals surface area contributed by atoms with E-state index in [4.69, 9.17) is 9.47 Å². The highest BCUT2D eigenvalue weighted by Gasteiger charge is 2.25. The van der Waals surface area contributed by atoms with E-state index < -0.39 is 13.0 Å². The molecular weight excluding hydrogens is 280 g/mol. The fourth-order valence-corrected chi connectivity index (χ4v) is 2.22. The standard InChI is InChI=1S/C15H19F2NO3/c1-11-9-21-13-5-3-2-4-12(13)8-18(11)15(19)6-7-20-10-14(16)17/h2-5,11,14H,6-10H2,1H3/t11-/m1/s1. The molecule has 0 saturated carbocycles. The fraction of sp³-hybridized carbons (Fsp3) is 0.533. The van der Waals surface area contributed by atoms with Crippen LogP contribution in [-0.4, -0.2) is 43.1 Å². The van der Waals surface area contributed by atoms with Crippen LogP contribution in [0.5, 0.6) is 5.75 Å². The number of para-hydroxylation sites is 1. The largest absolute Gasteiger partial charge is 0.491 e. The average Bonchev–Trinajstić information content (AvgIpc) is 2.63. The van der Waals surface area contributed by atoms with Gasteiger partial charge in [-0.15, -0.1) is 0 Å². The summed E-state index contributed by atoms with van der Waals surface area (Å²) in [5.74, 6) is 0.672. The summed E-state index contributed by atoms with van der Waals surface area (Å²) in [5, 5.41) is 0. The van der Waals surface area contributed by atoms with Gasteiger partial charge in [0, 0.05) is 12.1 Å². The maximum absolute atomic E-state index is 12.2. The van der Waals surface area contributed by atoms with Gasteiger partial charge in [-0.3, -0.25) is 4.79 Å². The number of carbonyl (C=O) groups excluding carboxylic acids is 1. The summed E-state index contributed by atoms with van der Waals surface area (Å²) >= 11 is 0. The van der Waals surface area contributed by atoms with E-state index in [-0.39, 0.29) is 25.0 Å². The van der Waals surface area contributed by atoms with E-state index in [9.17, 15) is 13.6 Å². The van der Waals surface area contributed by atoms with E-state index in [0.29, 0.717) is 13.2 Å². The molecule has 1 aliphatic rings. The van der Waals surface area contributed by atoms with Gasteiger partial charge < -0.3 is 14.4 Å². The first-order valence-electron chi connectivity index (χ1n) is 6.94. The van der Waals surface area contributed by atoms with Crippen LogP contribution in [0.2, 0.25) is 0 Å². The fourth-order valence-electron chi connectivity index (χ4n) is 2.22. The molecule has 4 nitrogen and oxygen atoms in total. The Balaban J connectivity index is 1.93. The Morgan fingerprint density at radius 3 is 3.00 bits per heavy atom. The molecular formula is C15H19F2NO3. The summed E-state index contributed by atoms with van der Waals surface area (Å²) in [5.41, 5.74) is 0.948. The number of hydrogen-bond acceptors (Lipinski definition) is 3. The van der Waals surface area contributed by atoms with Gasteiger partial charge in [0.1, 0.15) is 19.0 Å². The minimum atomic E-state index is -2.50. The Kier molecular flexibility index (Phi) is 5.50. The summed E-state index contributed by atoms with van der Waals surface area (Å²) in [6, 6.07) is 7.51. The Morgan fingerprint density at radius 2 is 2.24 bits per heavy atom. The molecule has 0 aliphatic carbocycles. The van der Waals surface area contributed by atoms with Crippen LogP contribution in [0, 0.1) is 0 Å². The molecule has 0 N–H and O–H groups in total. The number of benzene rings is 1. The van der Waals surface area contributed by atoms with Crippen molar-refractivity contribution < 1.29 is 23.0 Å². The van der Waals surface area contributed by atoms with Crippen molar-refractivity contribution >= 4 is 5.91 Å². The second-order valence-corrected chi connectivity index (χ2v) is 5.01. The minimum Gasteiger partial charge on any atom is -0.491 e. The van der Waals surface area contributed by atoms with Gasteiger partial charge in [-0.25, -0.2) is 8.78 Å². The molecule has 2 rings (SSSR count). The van der Waals surface area contributed by atoms with E-state index in [1.54, 1.807) is 4.90 Å². The van der Waals surface area contributed by atoms with Crippen LogP contribution in [0.15, 0.2) is 24.3 Å². The van der Waals surface area contributed by atoms with E-state index in [1.165, 1.54) is 0 Å². The molecule has 116 valence electrons. The topological polar surface area (TPSA) is 38.8 Å². The Hall–Kier alpha value is -1.69. The average molecular weight is 299 g/mol. The second-order valence-electron chi connectivity index (χ2n) is 5.01. The molecule has 21 heavy (non-hydrogen) atoms. The number of amides is 1. The minimum absolute atomic E-state index is 0.00883. The Morgan fingerprint density at radius 1 is 1.48 bits per heavy atom. The van der Waals surface area contributed by atoms with Gasteiger partial charge in [-0.05, 0) is 13.0 Å². The van der Waals surface area contributed by atoms with Gasteiger partial charge in [-0.2, -0.15) is 0 Å². The van der Waals surface area contributed by atoms with Crippen molar-refractivity contribution in [2.75, 3.05) is 19.8 Å². The van der Waals surface area contributed by atoms with Crippen molar-refractivity contribution in [2.24, 2.45) is 0 Å². The van der Waals surface area contributed by atoms with Gasteiger partial charge in [0.05, 0.1) is 19.1 Å². The lowest BCUT2D eigenvalue weighted by molar-refractivity contribution is -0.135. The molecule has 0 unspecified atom stereocenters. The van der Waals surface area contributed by atoms with Gasteiger partial charge in [-0.1, -0.05) is 18.2 Å². The molecule has 0 fully saturated rings. The summed E-state index contributed by atoms with van der Waals surface area (Å²) in [6.45, 7) is 2.17. The van der Waals surface area contributed by atoms with E-state index in [0.717, 1.165) is 11.3 Å². The molecule has 1 atom stereocenters. The van der Waals surface area contributed by atoms with Gasteiger partial charge in [0.25, 0.3) is 6.43 Å². The zero-order valence-corrected chi connectivity index (χ0v) is 11.9. The number of halogens is 2. The molecule has 0 bridgehead atoms. The van der Waals surface area contributed by atoms with E-state index in [1.807, 2.05) is 31.2 Å². The number of ether oxygens (including phenoxy) is 2. The molecule has 0 saturated heterocycles. The Labute approximate surface area is 122 Å². The summed E-state index contributed by atoms with van der Waals surface area (Å²) < 4.78 is 34.4. The first-order chi connectivity index (χ1) is 10.1. The highest BCUT2D eigenvalue weighted by Crippen LogP contribution is 2.25. The lowest BCUT2D eigenvalue weighted by Gasteiger charge is -2.26. The van der Waals surface area contributed by atoms with Crippen LogP contribution in [0.4, 0.5) is 8.78 Å². The number of nitrogens with zero attached hydrogens (tertiary/aromatic N) is 1. The van der Waals surface area contributed by atoms with Crippen molar-refractivity contribution in [3.05, 3.63) is 29.8 Å². The van der Waals surface area contributed by atoms with Gasteiger partial charge in [0.2, 0.25) is 5.91 Å². The molecule has 1 aliphatic heterocycles. The van der Waals surface area contributed by atoms with Crippen LogP contribution in [0.25, 0.3) is 0 Å². The SMILES string of the molecule is C[C@@H]1COc2ccccc2CN1C(=O)CCOCC(F)F. The monoisotopic (exact) mass is 299 g/mol. The number of rotatable bonds is 5. The quantitative estimate of drug-likeness (QED) is 0.784. The van der Waals surface area contributed by atoms with Crippen molar-refractivity contribution in [3.8, 4) is 5.75 Å². The van der Waals surface area contributed by atoms with Crippen LogP contribution >= 0.6 is 0 Å². The van der Waals surface area contributed by atoms with E-state index >= 15 is 0 Å². The lowest BCUT2D eigenvalue weighted by Crippen LogP contribution is -2.40. The summed E-state index contributed by atoms with van der Waals surface area (Å²) in [4.78, 5) is 13.9. The molecule has 0 radical (unpaired) electrons. The molecule has 0 aromatic heterocycles. The normalized spacial score (nSPS) is 18.1. The van der Waals surface area contributed by atoms with Crippen molar-refractivity contribution in [1.82, 2.24) is 4.90 Å². The van der Waals surface area contributed by atoms with Crippen LogP contribution < -0.4 is 4.74 Å². The molecule has 1 amide bonds. The van der Waals surface area contributed by atoms with Crippen molar-refractivity contribution in [2.45, 2.75) is 32.4 Å². The Bertz CT molecular complexity index is 482. The third kappa shape index (κ3) is 4.39. The molecule has 1 aromatic rings. The molecule has 1 heterocycles. The maximum atomic E-state index is 12.2. The maximum Gasteiger partial charge on any atom is 0.261 e. The van der Waals surface area contributed by atoms with Gasteiger partial charge >= 0.3 is 0 Å². The predicted octanol–water partition coefficient (Wildman–Crippen LogP) is 2.47. The number of hydrogen-bond donors (Lipinski definition) is 0. The zero-order valence-electron chi connectivity index (χ0n) is 11.9. The van der Waals surface area contributed by atoms with Crippen LogP contribution in [-0.2, 0) is 16.1 Å². The first-order valence-corrected chi connectivity index (χ1v) is 6.94. The first kappa shape index (κ1) is 15.7. The summed E-state index contributed by atoms with van der Waals surface area (Å²) in [6.07, 6.45) is -2.41. The molecule has 0 spiro atoms. The zero-order chi connectivity index (χ0) is 15.2. The lowest BCUT2D eigenvalue weighted by atomic mass is 10.1. The van der Waals surface area contributed by atoms with Gasteiger partial charge in [0.15, 0.2) is 0 Å². The highest BCUT2D eigenvalue weighted by atomic mass is 19.3. The van der Waals surface area contributed by atoms with E-state index in [2.05, 4.69) is 0 Å². The number of carbonyl (C=O) groups is 1. The third-order valence-corrected chi connectivity index (χ3v) is 3.35. The number of alkyl halides is 2. The van der Waals surface area contributed by atoms with Crippen LogP contribution in [0.3, 0.4) is 0 Å².